The highest BCUT2D eigenvalue weighted by Gasteiger charge is 2.20. The predicted molar refractivity (Wildman–Crippen MR) is 119 cm³/mol. The maximum atomic E-state index is 12.7. The number of carbonyl (C=O) groups excluding carboxylic acids is 1. The van der Waals surface area contributed by atoms with Crippen LogP contribution in [0.2, 0.25) is 10.0 Å². The maximum Gasteiger partial charge on any atom is 0.265 e. The van der Waals surface area contributed by atoms with Crippen molar-refractivity contribution in [1.82, 2.24) is 9.78 Å². The Labute approximate surface area is 185 Å². The summed E-state index contributed by atoms with van der Waals surface area (Å²) in [6.07, 6.45) is -0.760. The summed E-state index contributed by atoms with van der Waals surface area (Å²) in [7, 11) is 1.64. The number of hydrogen-bond donors (Lipinski definition) is 1. The minimum absolute atomic E-state index is 0.298. The highest BCUT2D eigenvalue weighted by molar-refractivity contribution is 6.35. The molecule has 8 heteroatoms. The number of hydrogen-bond acceptors (Lipinski definition) is 4. The van der Waals surface area contributed by atoms with Gasteiger partial charge in [-0.15, -0.1) is 0 Å². The third-order valence-electron chi connectivity index (χ3n) is 4.66. The standard InChI is InChI=1S/C22H23Cl2N3O3/c1-13-21(14(2)27(26-13)12-16-6-5-7-18(10-16)29-4)25-22(28)15(3)30-20-9-8-17(23)11-19(20)24/h5-11,15H,12H2,1-4H3,(H,25,28). The fourth-order valence-electron chi connectivity index (χ4n) is 3.02. The van der Waals surface area contributed by atoms with Crippen molar-refractivity contribution in [3.05, 3.63) is 69.5 Å². The summed E-state index contributed by atoms with van der Waals surface area (Å²) in [4.78, 5) is 12.7. The second-order valence-corrected chi connectivity index (χ2v) is 7.72. The van der Waals surface area contributed by atoms with E-state index in [1.165, 1.54) is 0 Å². The number of carbonyl (C=O) groups is 1. The molecule has 1 heterocycles. The van der Waals surface area contributed by atoms with E-state index in [2.05, 4.69) is 10.4 Å². The first-order valence-electron chi connectivity index (χ1n) is 9.38. The van der Waals surface area contributed by atoms with Gasteiger partial charge in [-0.3, -0.25) is 9.48 Å². The van der Waals surface area contributed by atoms with Crippen molar-refractivity contribution >= 4 is 34.8 Å². The van der Waals surface area contributed by atoms with Crippen LogP contribution in [0.3, 0.4) is 0 Å². The highest BCUT2D eigenvalue weighted by Crippen LogP contribution is 2.29. The third kappa shape index (κ3) is 5.07. The molecule has 1 aromatic heterocycles. The van der Waals surface area contributed by atoms with Crippen LogP contribution >= 0.6 is 23.2 Å². The summed E-state index contributed by atoms with van der Waals surface area (Å²) in [5.41, 5.74) is 3.29. The lowest BCUT2D eigenvalue weighted by molar-refractivity contribution is -0.122. The summed E-state index contributed by atoms with van der Waals surface area (Å²) >= 11 is 12.0. The number of rotatable bonds is 7. The van der Waals surface area contributed by atoms with Crippen LogP contribution in [-0.2, 0) is 11.3 Å². The topological polar surface area (TPSA) is 65.4 Å². The molecule has 0 saturated heterocycles. The van der Waals surface area contributed by atoms with Crippen LogP contribution < -0.4 is 14.8 Å². The third-order valence-corrected chi connectivity index (χ3v) is 5.19. The van der Waals surface area contributed by atoms with Crippen molar-refractivity contribution in [2.24, 2.45) is 0 Å². The summed E-state index contributed by atoms with van der Waals surface area (Å²) in [6, 6.07) is 12.7. The molecule has 0 radical (unpaired) electrons. The zero-order valence-electron chi connectivity index (χ0n) is 17.2. The van der Waals surface area contributed by atoms with Crippen LogP contribution in [0.1, 0.15) is 23.9 Å². The van der Waals surface area contributed by atoms with E-state index in [0.717, 1.165) is 22.7 Å². The first-order valence-corrected chi connectivity index (χ1v) is 10.1. The van der Waals surface area contributed by atoms with Crippen molar-refractivity contribution in [2.75, 3.05) is 12.4 Å². The van der Waals surface area contributed by atoms with Gasteiger partial charge in [0.1, 0.15) is 11.5 Å². The fourth-order valence-corrected chi connectivity index (χ4v) is 3.47. The van der Waals surface area contributed by atoms with Crippen LogP contribution in [0.5, 0.6) is 11.5 Å². The first-order chi connectivity index (χ1) is 14.3. The van der Waals surface area contributed by atoms with Crippen LogP contribution in [0, 0.1) is 13.8 Å². The Bertz CT molecular complexity index is 1070. The number of nitrogens with one attached hydrogen (secondary N) is 1. The molecule has 1 unspecified atom stereocenters. The number of nitrogens with zero attached hydrogens (tertiary/aromatic N) is 2. The number of halogens is 2. The van der Waals surface area contributed by atoms with Gasteiger partial charge in [0, 0.05) is 5.02 Å². The Balaban J connectivity index is 1.72. The van der Waals surface area contributed by atoms with Crippen LogP contribution in [0.25, 0.3) is 0 Å². The largest absolute Gasteiger partial charge is 0.497 e. The number of aryl methyl sites for hydroxylation is 1. The number of anilines is 1. The van der Waals surface area contributed by atoms with E-state index in [9.17, 15) is 4.79 Å². The van der Waals surface area contributed by atoms with Crippen molar-refractivity contribution in [2.45, 2.75) is 33.4 Å². The average Bonchev–Trinajstić information content (AvgIpc) is 2.97. The summed E-state index contributed by atoms with van der Waals surface area (Å²) in [5, 5.41) is 8.33. The van der Waals surface area contributed by atoms with E-state index < -0.39 is 6.10 Å². The van der Waals surface area contributed by atoms with Crippen LogP contribution in [0.15, 0.2) is 42.5 Å². The molecule has 3 rings (SSSR count). The normalized spacial score (nSPS) is 11.8. The highest BCUT2D eigenvalue weighted by atomic mass is 35.5. The molecule has 6 nitrogen and oxygen atoms in total. The Morgan fingerprint density at radius 1 is 1.20 bits per heavy atom. The summed E-state index contributed by atoms with van der Waals surface area (Å²) in [5.74, 6) is 0.883. The molecular weight excluding hydrogens is 425 g/mol. The van der Waals surface area contributed by atoms with Gasteiger partial charge in [-0.1, -0.05) is 35.3 Å². The van der Waals surface area contributed by atoms with Crippen molar-refractivity contribution in [3.63, 3.8) is 0 Å². The van der Waals surface area contributed by atoms with E-state index in [1.807, 2.05) is 42.8 Å². The molecule has 0 spiro atoms. The molecule has 1 amide bonds. The van der Waals surface area contributed by atoms with Gasteiger partial charge in [-0.2, -0.15) is 5.10 Å². The SMILES string of the molecule is COc1cccc(Cn2nc(C)c(NC(=O)C(C)Oc3ccc(Cl)cc3Cl)c2C)c1. The van der Waals surface area contributed by atoms with Crippen molar-refractivity contribution in [1.29, 1.82) is 0 Å². The Kier molecular flexibility index (Phi) is 6.90. The molecule has 30 heavy (non-hydrogen) atoms. The molecule has 1 N–H and O–H groups in total. The minimum atomic E-state index is -0.760. The lowest BCUT2D eigenvalue weighted by atomic mass is 10.2. The zero-order valence-corrected chi connectivity index (χ0v) is 18.7. The lowest BCUT2D eigenvalue weighted by Crippen LogP contribution is -2.30. The second kappa shape index (κ2) is 9.41. The molecule has 0 aliphatic carbocycles. The van der Waals surface area contributed by atoms with E-state index >= 15 is 0 Å². The van der Waals surface area contributed by atoms with Gasteiger partial charge in [0.15, 0.2) is 6.10 Å². The molecule has 1 atom stereocenters. The zero-order chi connectivity index (χ0) is 21.8. The van der Waals surface area contributed by atoms with Gasteiger partial charge in [0.05, 0.1) is 35.8 Å². The summed E-state index contributed by atoms with van der Waals surface area (Å²) < 4.78 is 12.8. The number of methoxy groups -OCH3 is 1. The molecule has 0 aliphatic heterocycles. The van der Waals surface area contributed by atoms with Gasteiger partial charge in [0.2, 0.25) is 0 Å². The van der Waals surface area contributed by atoms with E-state index in [-0.39, 0.29) is 5.91 Å². The maximum absolute atomic E-state index is 12.7. The molecular formula is C22H23Cl2N3O3. The fraction of sp³-hybridized carbons (Fsp3) is 0.273. The number of amides is 1. The van der Waals surface area contributed by atoms with Gasteiger partial charge in [-0.25, -0.2) is 0 Å². The minimum Gasteiger partial charge on any atom is -0.497 e. The smallest absolute Gasteiger partial charge is 0.265 e. The lowest BCUT2D eigenvalue weighted by Gasteiger charge is -2.16. The first kappa shape index (κ1) is 22.0. The number of benzene rings is 2. The Hall–Kier alpha value is -2.70. The van der Waals surface area contributed by atoms with Gasteiger partial charge in [-0.05, 0) is 56.7 Å². The van der Waals surface area contributed by atoms with Crippen molar-refractivity contribution < 1.29 is 14.3 Å². The van der Waals surface area contributed by atoms with Crippen molar-refractivity contribution in [3.8, 4) is 11.5 Å². The van der Waals surface area contributed by atoms with Crippen LogP contribution in [-0.4, -0.2) is 28.9 Å². The van der Waals surface area contributed by atoms with Crippen LogP contribution in [0.4, 0.5) is 5.69 Å². The molecule has 0 saturated carbocycles. The predicted octanol–water partition coefficient (Wildman–Crippen LogP) is 5.27. The monoisotopic (exact) mass is 447 g/mol. The Morgan fingerprint density at radius 2 is 1.97 bits per heavy atom. The molecule has 158 valence electrons. The van der Waals surface area contributed by atoms with Gasteiger partial charge >= 0.3 is 0 Å². The van der Waals surface area contributed by atoms with Gasteiger partial charge < -0.3 is 14.8 Å². The molecule has 0 fully saturated rings. The molecule has 0 bridgehead atoms. The Morgan fingerprint density at radius 3 is 2.67 bits per heavy atom. The van der Waals surface area contributed by atoms with Gasteiger partial charge in [0.25, 0.3) is 5.91 Å². The number of aromatic nitrogens is 2. The second-order valence-electron chi connectivity index (χ2n) is 6.88. The average molecular weight is 448 g/mol. The number of ether oxygens (including phenoxy) is 2. The molecule has 0 aliphatic rings. The quantitative estimate of drug-likeness (QED) is 0.535. The summed E-state index contributed by atoms with van der Waals surface area (Å²) in [6.45, 7) is 5.99. The van der Waals surface area contributed by atoms with E-state index in [1.54, 1.807) is 32.2 Å². The molecule has 3 aromatic rings. The van der Waals surface area contributed by atoms with E-state index in [0.29, 0.717) is 28.0 Å². The van der Waals surface area contributed by atoms with E-state index in [4.69, 9.17) is 32.7 Å². The molecule has 2 aromatic carbocycles.